The molecule has 0 spiro atoms. The first kappa shape index (κ1) is 32.5. The van der Waals surface area contributed by atoms with Crippen LogP contribution in [0.25, 0.3) is 10.9 Å². The zero-order valence-electron chi connectivity index (χ0n) is 25.4. The predicted molar refractivity (Wildman–Crippen MR) is 161 cm³/mol. The normalized spacial score (nSPS) is 25.5. The van der Waals surface area contributed by atoms with Crippen molar-refractivity contribution >= 4 is 46.4 Å². The number of carbonyl (C=O) groups is 6. The molecule has 2 aromatic rings. The van der Waals surface area contributed by atoms with Crippen LogP contribution in [-0.2, 0) is 35.2 Å². The zero-order valence-corrected chi connectivity index (χ0v) is 25.4. The van der Waals surface area contributed by atoms with Crippen LogP contribution in [0.15, 0.2) is 30.5 Å². The number of benzene rings is 1. The summed E-state index contributed by atoms with van der Waals surface area (Å²) in [6, 6.07) is 1.88. The van der Waals surface area contributed by atoms with Gasteiger partial charge in [0.05, 0.1) is 6.42 Å². The molecule has 6 N–H and O–H groups in total. The summed E-state index contributed by atoms with van der Waals surface area (Å²) in [4.78, 5) is 84.3. The Hall–Kier alpha value is -4.42. The topological polar surface area (TPSA) is 190 Å². The fourth-order valence-corrected chi connectivity index (χ4v) is 5.95. The van der Waals surface area contributed by atoms with Crippen molar-refractivity contribution in [2.45, 2.75) is 95.9 Å². The van der Waals surface area contributed by atoms with Gasteiger partial charge in [-0.3, -0.25) is 28.8 Å². The minimum absolute atomic E-state index is 0.00198. The number of carbonyl (C=O) groups excluding carboxylic acids is 5. The van der Waals surface area contributed by atoms with Crippen molar-refractivity contribution in [3.8, 4) is 0 Å². The molecule has 2 saturated heterocycles. The Morgan fingerprint density at radius 2 is 1.55 bits per heavy atom. The van der Waals surface area contributed by atoms with Crippen LogP contribution in [0, 0.1) is 5.92 Å². The molecule has 2 aliphatic rings. The van der Waals surface area contributed by atoms with Gasteiger partial charge in [-0.05, 0) is 43.2 Å². The second-order valence-corrected chi connectivity index (χ2v) is 12.0. The van der Waals surface area contributed by atoms with Gasteiger partial charge >= 0.3 is 5.97 Å². The smallest absolute Gasteiger partial charge is 0.305 e. The highest BCUT2D eigenvalue weighted by Crippen LogP contribution is 2.22. The highest BCUT2D eigenvalue weighted by molar-refractivity contribution is 5.99. The number of fused-ring (bicyclic) bond motifs is 2. The van der Waals surface area contributed by atoms with Crippen molar-refractivity contribution in [2.75, 3.05) is 6.54 Å². The summed E-state index contributed by atoms with van der Waals surface area (Å²) in [5.74, 6) is -4.46. The second-order valence-electron chi connectivity index (χ2n) is 12.0. The molecule has 0 radical (unpaired) electrons. The number of aromatic nitrogens is 1. The highest BCUT2D eigenvalue weighted by atomic mass is 16.4. The SMILES string of the molecule is CCC[C@H]1NC(=O)[C@@H]2CCCN2C(=O)[C@@H](CC(=O)O)NC(=O)[C@@H](Cc2c[nH]c3ccccc23)NC(=O)[C@H](CC(C)C)NC1=O. The number of nitrogens with one attached hydrogen (secondary N) is 5. The number of aliphatic carboxylic acids is 1. The third kappa shape index (κ3) is 7.74. The van der Waals surface area contributed by atoms with Crippen molar-refractivity contribution < 1.29 is 33.9 Å². The Kier molecular flexibility index (Phi) is 10.6. The van der Waals surface area contributed by atoms with E-state index in [1.807, 2.05) is 45.0 Å². The van der Waals surface area contributed by atoms with Gasteiger partial charge in [0.25, 0.3) is 0 Å². The summed E-state index contributed by atoms with van der Waals surface area (Å²) >= 11 is 0. The van der Waals surface area contributed by atoms with Gasteiger partial charge in [-0.2, -0.15) is 0 Å². The third-order valence-corrected chi connectivity index (χ3v) is 8.11. The molecule has 13 nitrogen and oxygen atoms in total. The molecule has 13 heteroatoms. The number of hydrogen-bond acceptors (Lipinski definition) is 6. The summed E-state index contributed by atoms with van der Waals surface area (Å²) < 4.78 is 0. The van der Waals surface area contributed by atoms with Crippen LogP contribution >= 0.6 is 0 Å². The summed E-state index contributed by atoms with van der Waals surface area (Å²) in [7, 11) is 0. The van der Waals surface area contributed by atoms with Crippen molar-refractivity contribution in [3.63, 3.8) is 0 Å². The lowest BCUT2D eigenvalue weighted by Gasteiger charge is -2.29. The van der Waals surface area contributed by atoms with Crippen LogP contribution in [0.5, 0.6) is 0 Å². The average Bonchev–Trinajstić information content (AvgIpc) is 3.62. The van der Waals surface area contributed by atoms with Gasteiger partial charge < -0.3 is 36.3 Å². The van der Waals surface area contributed by atoms with Gasteiger partial charge in [0.1, 0.15) is 30.2 Å². The predicted octanol–water partition coefficient (Wildman–Crippen LogP) is 0.975. The molecule has 1 aromatic heterocycles. The Labute approximate surface area is 255 Å². The molecule has 0 aliphatic carbocycles. The number of aromatic amines is 1. The van der Waals surface area contributed by atoms with E-state index in [1.165, 1.54) is 4.90 Å². The lowest BCUT2D eigenvalue weighted by molar-refractivity contribution is -0.146. The number of rotatable bonds is 8. The molecular weight excluding hydrogens is 568 g/mol. The quantitative estimate of drug-likeness (QED) is 0.257. The van der Waals surface area contributed by atoms with Crippen LogP contribution in [0.3, 0.4) is 0 Å². The van der Waals surface area contributed by atoms with E-state index in [-0.39, 0.29) is 25.3 Å². The first-order valence-electron chi connectivity index (χ1n) is 15.3. The first-order chi connectivity index (χ1) is 21.0. The number of hydrogen-bond donors (Lipinski definition) is 6. The summed E-state index contributed by atoms with van der Waals surface area (Å²) in [6.07, 6.45) is 3.01. The maximum atomic E-state index is 13.8. The Balaban J connectivity index is 1.75. The van der Waals surface area contributed by atoms with E-state index in [0.717, 1.165) is 16.5 Å². The highest BCUT2D eigenvalue weighted by Gasteiger charge is 2.41. The molecule has 3 heterocycles. The minimum Gasteiger partial charge on any atom is -0.481 e. The first-order valence-corrected chi connectivity index (χ1v) is 15.3. The van der Waals surface area contributed by atoms with E-state index < -0.39 is 72.1 Å². The Morgan fingerprint density at radius 3 is 2.25 bits per heavy atom. The number of amides is 5. The fourth-order valence-electron chi connectivity index (χ4n) is 5.95. The third-order valence-electron chi connectivity index (χ3n) is 8.11. The van der Waals surface area contributed by atoms with Crippen LogP contribution in [0.4, 0.5) is 0 Å². The fraction of sp³-hybridized carbons (Fsp3) is 0.548. The lowest BCUT2D eigenvalue weighted by atomic mass is 10.00. The van der Waals surface area contributed by atoms with Crippen LogP contribution < -0.4 is 21.3 Å². The maximum absolute atomic E-state index is 13.8. The van der Waals surface area contributed by atoms with Gasteiger partial charge in [-0.1, -0.05) is 45.4 Å². The Bertz CT molecular complexity index is 1400. The molecule has 0 bridgehead atoms. The molecule has 2 aliphatic heterocycles. The molecule has 1 aromatic carbocycles. The van der Waals surface area contributed by atoms with E-state index >= 15 is 0 Å². The van der Waals surface area contributed by atoms with Crippen molar-refractivity contribution in [1.29, 1.82) is 0 Å². The van der Waals surface area contributed by atoms with Gasteiger partial charge in [0, 0.05) is 30.1 Å². The van der Waals surface area contributed by atoms with Gasteiger partial charge in [0.15, 0.2) is 0 Å². The summed E-state index contributed by atoms with van der Waals surface area (Å²) in [5, 5.41) is 21.3. The summed E-state index contributed by atoms with van der Waals surface area (Å²) in [6.45, 7) is 5.85. The molecule has 0 unspecified atom stereocenters. The molecule has 5 amide bonds. The van der Waals surface area contributed by atoms with Gasteiger partial charge in [-0.25, -0.2) is 0 Å². The van der Waals surface area contributed by atoms with E-state index in [2.05, 4.69) is 26.3 Å². The maximum Gasteiger partial charge on any atom is 0.305 e. The van der Waals surface area contributed by atoms with Crippen LogP contribution in [0.1, 0.15) is 64.9 Å². The standard InChI is InChI=1S/C31H42N6O7/c1-4-8-21-27(40)34-22(13-17(2)3)28(41)35-23(14-18-16-32-20-10-6-5-9-19(18)20)29(42)36-24(15-26(38)39)31(44)37-12-7-11-25(37)30(43)33-21/h5-6,9-10,16-17,21-25,32H,4,7-8,11-15H2,1-3H3,(H,33,43)(H,34,40)(H,35,41)(H,36,42)(H,38,39)/t21-,22+,23-,24-,25+/m1/s1. The number of para-hydroxylation sites is 1. The van der Waals surface area contributed by atoms with Crippen LogP contribution in [-0.4, -0.2) is 87.2 Å². The van der Waals surface area contributed by atoms with Crippen molar-refractivity contribution in [1.82, 2.24) is 31.2 Å². The molecular formula is C31H42N6O7. The number of carboxylic acids is 1. The molecule has 238 valence electrons. The minimum atomic E-state index is -1.47. The molecule has 2 fully saturated rings. The monoisotopic (exact) mass is 610 g/mol. The van der Waals surface area contributed by atoms with Crippen molar-refractivity contribution in [3.05, 3.63) is 36.0 Å². The molecule has 0 saturated carbocycles. The van der Waals surface area contributed by atoms with E-state index in [9.17, 15) is 33.9 Å². The molecule has 5 atom stereocenters. The lowest BCUT2D eigenvalue weighted by Crippen LogP contribution is -2.58. The van der Waals surface area contributed by atoms with E-state index in [4.69, 9.17) is 0 Å². The molecule has 44 heavy (non-hydrogen) atoms. The van der Waals surface area contributed by atoms with Gasteiger partial charge in [0.2, 0.25) is 29.5 Å². The average molecular weight is 611 g/mol. The number of nitrogens with zero attached hydrogens (tertiary/aromatic N) is 1. The zero-order chi connectivity index (χ0) is 32.0. The van der Waals surface area contributed by atoms with Crippen LogP contribution in [0.2, 0.25) is 0 Å². The van der Waals surface area contributed by atoms with E-state index in [1.54, 1.807) is 6.20 Å². The number of carboxylic acid groups (broad SMARTS) is 1. The van der Waals surface area contributed by atoms with E-state index in [0.29, 0.717) is 25.7 Å². The summed E-state index contributed by atoms with van der Waals surface area (Å²) in [5.41, 5.74) is 1.55. The Morgan fingerprint density at radius 1 is 0.909 bits per heavy atom. The largest absolute Gasteiger partial charge is 0.481 e. The van der Waals surface area contributed by atoms with Gasteiger partial charge in [-0.15, -0.1) is 0 Å². The second kappa shape index (κ2) is 14.4. The number of H-pyrrole nitrogens is 1. The molecule has 4 rings (SSSR count). The van der Waals surface area contributed by atoms with Crippen molar-refractivity contribution in [2.24, 2.45) is 5.92 Å².